The molecule has 1 aliphatic carbocycles. The summed E-state index contributed by atoms with van der Waals surface area (Å²) >= 11 is 0. The Morgan fingerprint density at radius 3 is 2.46 bits per heavy atom. The highest BCUT2D eigenvalue weighted by Crippen LogP contribution is 2.35. The Kier molecular flexibility index (Phi) is 7.03. The molecule has 1 aliphatic rings. The molecule has 4 aromatic rings. The molecule has 0 spiro atoms. The van der Waals surface area contributed by atoms with E-state index in [2.05, 4.69) is 103 Å². The zero-order valence-electron chi connectivity index (χ0n) is 21.0. The number of amides is 1. The number of aromatic nitrogens is 1. The molecule has 1 atom stereocenters. The number of nitrogens with one attached hydrogen (secondary N) is 1. The minimum Gasteiger partial charge on any atom is -0.353 e. The second kappa shape index (κ2) is 10.5. The lowest BCUT2D eigenvalue weighted by molar-refractivity contribution is -0.122. The topological polar surface area (TPSA) is 34.0 Å². The first-order valence-electron chi connectivity index (χ1n) is 13.1. The summed E-state index contributed by atoms with van der Waals surface area (Å²) in [6.45, 7) is 5.07. The highest BCUT2D eigenvalue weighted by Gasteiger charge is 2.24. The van der Waals surface area contributed by atoms with Crippen LogP contribution in [-0.4, -0.2) is 16.5 Å². The number of fused-ring (bicyclic) bond motifs is 1. The second-order valence-corrected chi connectivity index (χ2v) is 10.3. The average molecular weight is 465 g/mol. The van der Waals surface area contributed by atoms with E-state index in [1.54, 1.807) is 0 Å². The Morgan fingerprint density at radius 1 is 0.914 bits per heavy atom. The molecule has 0 saturated heterocycles. The Labute approximate surface area is 209 Å². The fourth-order valence-electron chi connectivity index (χ4n) is 5.59. The van der Waals surface area contributed by atoms with Crippen LogP contribution in [0.2, 0.25) is 0 Å². The van der Waals surface area contributed by atoms with Crippen molar-refractivity contribution in [1.82, 2.24) is 9.88 Å². The molecule has 5 rings (SSSR count). The molecule has 3 aromatic carbocycles. The molecule has 35 heavy (non-hydrogen) atoms. The van der Waals surface area contributed by atoms with Gasteiger partial charge in [-0.1, -0.05) is 97.1 Å². The fourth-order valence-corrected chi connectivity index (χ4v) is 5.59. The monoisotopic (exact) mass is 464 g/mol. The van der Waals surface area contributed by atoms with E-state index in [0.29, 0.717) is 12.5 Å². The van der Waals surface area contributed by atoms with Crippen LogP contribution in [-0.2, 0) is 11.3 Å². The van der Waals surface area contributed by atoms with Gasteiger partial charge in [-0.05, 0) is 49.4 Å². The molecule has 3 heteroatoms. The number of carbonyl (C=O) groups excluding carboxylic acids is 1. The molecule has 1 amide bonds. The molecule has 1 N–H and O–H groups in total. The number of hydrogen-bond donors (Lipinski definition) is 1. The lowest BCUT2D eigenvalue weighted by Crippen LogP contribution is -2.36. The standard InChI is InChI=1S/C32H36N2O/c1-23-15-17-25(18-16-23)21-34-22-30(28-13-6-7-14-31(28)34)29(26-10-8-9-24(2)19-26)20-32(35)33-27-11-4-3-5-12-27/h6-10,13-19,22,27,29H,3-5,11-12,20-21H2,1-2H3,(H,33,35)/t29-/m1/s1. The van der Waals surface area contributed by atoms with Crippen LogP contribution < -0.4 is 5.32 Å². The summed E-state index contributed by atoms with van der Waals surface area (Å²) in [5, 5.41) is 4.59. The second-order valence-electron chi connectivity index (χ2n) is 10.3. The van der Waals surface area contributed by atoms with Crippen molar-refractivity contribution in [2.75, 3.05) is 0 Å². The first-order chi connectivity index (χ1) is 17.1. The average Bonchev–Trinajstić information content (AvgIpc) is 3.23. The maximum atomic E-state index is 13.3. The lowest BCUT2D eigenvalue weighted by Gasteiger charge is -2.24. The van der Waals surface area contributed by atoms with Gasteiger partial charge in [0, 0.05) is 42.0 Å². The van der Waals surface area contributed by atoms with Gasteiger partial charge < -0.3 is 9.88 Å². The fraction of sp³-hybridized carbons (Fsp3) is 0.344. The van der Waals surface area contributed by atoms with Crippen LogP contribution >= 0.6 is 0 Å². The minimum atomic E-state index is 0.0164. The molecule has 1 saturated carbocycles. The van der Waals surface area contributed by atoms with E-state index in [1.807, 2.05) is 0 Å². The van der Waals surface area contributed by atoms with E-state index >= 15 is 0 Å². The summed E-state index contributed by atoms with van der Waals surface area (Å²) in [5.74, 6) is 0.182. The van der Waals surface area contributed by atoms with Crippen LogP contribution in [0.4, 0.5) is 0 Å². The Balaban J connectivity index is 1.51. The van der Waals surface area contributed by atoms with Crippen molar-refractivity contribution in [3.05, 3.63) is 107 Å². The SMILES string of the molecule is Cc1ccc(Cn2cc([C@H](CC(=O)NC3CCCCC3)c3cccc(C)c3)c3ccccc32)cc1. The van der Waals surface area contributed by atoms with Crippen molar-refractivity contribution in [3.63, 3.8) is 0 Å². The molecule has 0 bridgehead atoms. The summed E-state index contributed by atoms with van der Waals surface area (Å²) < 4.78 is 2.34. The molecule has 3 nitrogen and oxygen atoms in total. The van der Waals surface area contributed by atoms with Gasteiger partial charge in [-0.15, -0.1) is 0 Å². The van der Waals surface area contributed by atoms with Gasteiger partial charge in [-0.3, -0.25) is 4.79 Å². The minimum absolute atomic E-state index is 0.0164. The summed E-state index contributed by atoms with van der Waals surface area (Å²) in [7, 11) is 0. The number of benzene rings is 3. The van der Waals surface area contributed by atoms with Gasteiger partial charge in [0.05, 0.1) is 0 Å². The molecule has 180 valence electrons. The van der Waals surface area contributed by atoms with E-state index in [0.717, 1.165) is 19.4 Å². The van der Waals surface area contributed by atoms with E-state index in [4.69, 9.17) is 0 Å². The number of para-hydroxylation sites is 1. The number of aryl methyl sites for hydroxylation is 2. The van der Waals surface area contributed by atoms with E-state index < -0.39 is 0 Å². The van der Waals surface area contributed by atoms with Crippen molar-refractivity contribution < 1.29 is 4.79 Å². The predicted molar refractivity (Wildman–Crippen MR) is 145 cm³/mol. The maximum Gasteiger partial charge on any atom is 0.221 e. The van der Waals surface area contributed by atoms with Gasteiger partial charge in [0.15, 0.2) is 0 Å². The first-order valence-corrected chi connectivity index (χ1v) is 13.1. The quantitative estimate of drug-likeness (QED) is 0.306. The van der Waals surface area contributed by atoms with Gasteiger partial charge in [-0.2, -0.15) is 0 Å². The van der Waals surface area contributed by atoms with Crippen LogP contribution in [0.3, 0.4) is 0 Å². The van der Waals surface area contributed by atoms with Crippen LogP contribution in [0.25, 0.3) is 10.9 Å². The molecule has 0 aliphatic heterocycles. The highest BCUT2D eigenvalue weighted by molar-refractivity contribution is 5.87. The molecule has 1 heterocycles. The number of carbonyl (C=O) groups is 1. The molecule has 0 unspecified atom stereocenters. The third kappa shape index (κ3) is 5.51. The van der Waals surface area contributed by atoms with Crippen molar-refractivity contribution in [2.45, 2.75) is 70.9 Å². The van der Waals surface area contributed by atoms with Crippen molar-refractivity contribution in [2.24, 2.45) is 0 Å². The van der Waals surface area contributed by atoms with Crippen molar-refractivity contribution in [3.8, 4) is 0 Å². The van der Waals surface area contributed by atoms with E-state index in [9.17, 15) is 4.79 Å². The highest BCUT2D eigenvalue weighted by atomic mass is 16.1. The van der Waals surface area contributed by atoms with Crippen LogP contribution in [0.1, 0.15) is 72.3 Å². The third-order valence-corrected chi connectivity index (χ3v) is 7.47. The van der Waals surface area contributed by atoms with Gasteiger partial charge in [0.2, 0.25) is 5.91 Å². The summed E-state index contributed by atoms with van der Waals surface area (Å²) in [6.07, 6.45) is 8.70. The predicted octanol–water partition coefficient (Wildman–Crippen LogP) is 7.28. The zero-order valence-corrected chi connectivity index (χ0v) is 21.0. The molecule has 1 fully saturated rings. The largest absolute Gasteiger partial charge is 0.353 e. The van der Waals surface area contributed by atoms with E-state index in [-0.39, 0.29) is 11.8 Å². The summed E-state index contributed by atoms with van der Waals surface area (Å²) in [5.41, 5.74) is 7.44. The van der Waals surface area contributed by atoms with Crippen LogP contribution in [0.5, 0.6) is 0 Å². The number of nitrogens with zero attached hydrogens (tertiary/aromatic N) is 1. The Hall–Kier alpha value is -3.33. The van der Waals surface area contributed by atoms with Crippen molar-refractivity contribution >= 4 is 16.8 Å². The van der Waals surface area contributed by atoms with Gasteiger partial charge in [-0.25, -0.2) is 0 Å². The maximum absolute atomic E-state index is 13.3. The first kappa shape index (κ1) is 23.4. The van der Waals surface area contributed by atoms with Crippen LogP contribution in [0, 0.1) is 13.8 Å². The Morgan fingerprint density at radius 2 is 1.69 bits per heavy atom. The van der Waals surface area contributed by atoms with Gasteiger partial charge >= 0.3 is 0 Å². The normalized spacial score (nSPS) is 15.3. The molecular weight excluding hydrogens is 428 g/mol. The van der Waals surface area contributed by atoms with Crippen LogP contribution in [0.15, 0.2) is 79.0 Å². The number of rotatable bonds is 7. The molecule has 1 aromatic heterocycles. The summed E-state index contributed by atoms with van der Waals surface area (Å²) in [4.78, 5) is 13.3. The molecule has 0 radical (unpaired) electrons. The Bertz CT molecular complexity index is 1290. The van der Waals surface area contributed by atoms with Gasteiger partial charge in [0.1, 0.15) is 0 Å². The number of hydrogen-bond acceptors (Lipinski definition) is 1. The zero-order chi connectivity index (χ0) is 24.2. The molecular formula is C32H36N2O. The van der Waals surface area contributed by atoms with E-state index in [1.165, 1.54) is 58.0 Å². The van der Waals surface area contributed by atoms with Gasteiger partial charge in [0.25, 0.3) is 0 Å². The van der Waals surface area contributed by atoms with Crippen molar-refractivity contribution in [1.29, 1.82) is 0 Å². The third-order valence-electron chi connectivity index (χ3n) is 7.47. The smallest absolute Gasteiger partial charge is 0.221 e. The summed E-state index contributed by atoms with van der Waals surface area (Å²) in [6, 6.07) is 26.4. The lowest BCUT2D eigenvalue weighted by atomic mass is 9.87.